The van der Waals surface area contributed by atoms with Crippen molar-refractivity contribution in [2.24, 2.45) is 0 Å². The molecule has 0 unspecified atom stereocenters. The smallest absolute Gasteiger partial charge is 0.0494 e. The van der Waals surface area contributed by atoms with E-state index in [9.17, 15) is 0 Å². The summed E-state index contributed by atoms with van der Waals surface area (Å²) in [5, 5.41) is 9.41. The van der Waals surface area contributed by atoms with E-state index >= 15 is 0 Å². The van der Waals surface area contributed by atoms with Gasteiger partial charge in [0.1, 0.15) is 0 Å². The van der Waals surface area contributed by atoms with Gasteiger partial charge < -0.3 is 10.6 Å². The zero-order valence-electron chi connectivity index (χ0n) is 12.7. The first-order valence-electron chi connectivity index (χ1n) is 7.99. The molecule has 0 atom stereocenters. The summed E-state index contributed by atoms with van der Waals surface area (Å²) in [6.07, 6.45) is 4.65. The minimum atomic E-state index is 0.943. The molecule has 1 aromatic carbocycles. The van der Waals surface area contributed by atoms with E-state index in [1.807, 2.05) is 11.3 Å². The van der Waals surface area contributed by atoms with Gasteiger partial charge in [-0.25, -0.2) is 0 Å². The van der Waals surface area contributed by atoms with E-state index in [0.29, 0.717) is 0 Å². The molecule has 3 rings (SSSR count). The lowest BCUT2D eigenvalue weighted by Crippen LogP contribution is -2.16. The van der Waals surface area contributed by atoms with Crippen LogP contribution in [0.15, 0.2) is 29.6 Å². The quantitative estimate of drug-likeness (QED) is 0.872. The van der Waals surface area contributed by atoms with E-state index in [1.165, 1.54) is 28.1 Å². The van der Waals surface area contributed by atoms with Gasteiger partial charge in [0.05, 0.1) is 0 Å². The van der Waals surface area contributed by atoms with Gasteiger partial charge in [0, 0.05) is 17.1 Å². The van der Waals surface area contributed by atoms with Crippen LogP contribution in [-0.4, -0.2) is 13.1 Å². The lowest BCUT2D eigenvalue weighted by molar-refractivity contribution is 0.711. The average Bonchev–Trinajstić information content (AvgIpc) is 2.90. The highest BCUT2D eigenvalue weighted by Crippen LogP contribution is 2.29. The minimum Gasteiger partial charge on any atom is -0.380 e. The molecule has 0 bridgehead atoms. The number of aryl methyl sites for hydroxylation is 1. The molecule has 0 fully saturated rings. The molecule has 112 valence electrons. The third kappa shape index (κ3) is 3.47. The maximum absolute atomic E-state index is 3.74. The molecular weight excluding hydrogens is 276 g/mol. The van der Waals surface area contributed by atoms with E-state index in [1.54, 1.807) is 5.56 Å². The third-order valence-electron chi connectivity index (χ3n) is 4.16. The number of hydrogen-bond acceptors (Lipinski definition) is 3. The van der Waals surface area contributed by atoms with Crippen molar-refractivity contribution in [1.82, 2.24) is 5.32 Å². The number of rotatable bonds is 5. The predicted molar refractivity (Wildman–Crippen MR) is 92.4 cm³/mol. The Morgan fingerprint density at radius 2 is 2.10 bits per heavy atom. The van der Waals surface area contributed by atoms with E-state index in [0.717, 1.165) is 38.9 Å². The molecule has 0 spiro atoms. The topological polar surface area (TPSA) is 24.1 Å². The summed E-state index contributed by atoms with van der Waals surface area (Å²) in [5.41, 5.74) is 5.96. The molecule has 0 amide bonds. The number of nitrogens with one attached hydrogen (secondary N) is 2. The highest BCUT2D eigenvalue weighted by Gasteiger charge is 2.15. The van der Waals surface area contributed by atoms with Crippen LogP contribution in [-0.2, 0) is 25.8 Å². The summed E-state index contributed by atoms with van der Waals surface area (Å²) < 4.78 is 0. The number of thiophene rings is 1. The molecule has 2 aromatic rings. The van der Waals surface area contributed by atoms with Gasteiger partial charge in [-0.15, -0.1) is 11.3 Å². The Balaban J connectivity index is 1.89. The van der Waals surface area contributed by atoms with Gasteiger partial charge in [-0.05, 0) is 60.5 Å². The van der Waals surface area contributed by atoms with Gasteiger partial charge >= 0.3 is 0 Å². The molecule has 2 heterocycles. The first-order chi connectivity index (χ1) is 10.4. The van der Waals surface area contributed by atoms with Gasteiger partial charge in [-0.3, -0.25) is 0 Å². The summed E-state index contributed by atoms with van der Waals surface area (Å²) in [6, 6.07) is 9.03. The van der Waals surface area contributed by atoms with Crippen LogP contribution in [0.4, 0.5) is 5.69 Å². The second-order valence-electron chi connectivity index (χ2n) is 5.67. The van der Waals surface area contributed by atoms with Crippen molar-refractivity contribution < 1.29 is 0 Å². The van der Waals surface area contributed by atoms with Crippen LogP contribution in [0.25, 0.3) is 0 Å². The zero-order valence-corrected chi connectivity index (χ0v) is 13.6. The number of benzene rings is 1. The van der Waals surface area contributed by atoms with Crippen LogP contribution >= 0.6 is 11.3 Å². The van der Waals surface area contributed by atoms with Crippen molar-refractivity contribution in [3.8, 4) is 0 Å². The Morgan fingerprint density at radius 3 is 2.90 bits per heavy atom. The fourth-order valence-electron chi connectivity index (χ4n) is 3.11. The van der Waals surface area contributed by atoms with E-state index in [-0.39, 0.29) is 0 Å². The molecule has 1 aliphatic heterocycles. The van der Waals surface area contributed by atoms with Crippen molar-refractivity contribution in [2.45, 2.75) is 39.2 Å². The lowest BCUT2D eigenvalue weighted by atomic mass is 9.95. The fourth-order valence-corrected chi connectivity index (χ4v) is 3.75. The number of fused-ring (bicyclic) bond motifs is 1. The van der Waals surface area contributed by atoms with Crippen molar-refractivity contribution >= 4 is 17.0 Å². The summed E-state index contributed by atoms with van der Waals surface area (Å²) in [7, 11) is 0. The van der Waals surface area contributed by atoms with Gasteiger partial charge in [0.25, 0.3) is 0 Å². The van der Waals surface area contributed by atoms with Crippen molar-refractivity contribution in [1.29, 1.82) is 0 Å². The van der Waals surface area contributed by atoms with Crippen LogP contribution in [0.5, 0.6) is 0 Å². The predicted octanol–water partition coefficient (Wildman–Crippen LogP) is 4.00. The number of anilines is 1. The van der Waals surface area contributed by atoms with Crippen LogP contribution in [0.1, 0.15) is 34.9 Å². The van der Waals surface area contributed by atoms with Gasteiger partial charge in [-0.2, -0.15) is 0 Å². The Kier molecular flexibility index (Phi) is 4.94. The van der Waals surface area contributed by atoms with Gasteiger partial charge in [-0.1, -0.05) is 31.5 Å². The molecule has 2 N–H and O–H groups in total. The highest BCUT2D eigenvalue weighted by atomic mass is 32.1. The molecule has 3 heteroatoms. The molecule has 1 aliphatic rings. The highest BCUT2D eigenvalue weighted by molar-refractivity contribution is 7.09. The first kappa shape index (κ1) is 14.6. The molecule has 1 aromatic heterocycles. The van der Waals surface area contributed by atoms with Crippen LogP contribution in [0.3, 0.4) is 0 Å². The Morgan fingerprint density at radius 1 is 1.19 bits per heavy atom. The maximum atomic E-state index is 3.74. The summed E-state index contributed by atoms with van der Waals surface area (Å²) in [5.74, 6) is 0. The second-order valence-corrected chi connectivity index (χ2v) is 6.70. The molecular formula is C18H24N2S. The van der Waals surface area contributed by atoms with Gasteiger partial charge in [0.2, 0.25) is 0 Å². The monoisotopic (exact) mass is 300 g/mol. The Labute approximate surface area is 131 Å². The second kappa shape index (κ2) is 7.10. The number of hydrogen-bond donors (Lipinski definition) is 2. The maximum Gasteiger partial charge on any atom is 0.0494 e. The fraction of sp³-hybridized carbons (Fsp3) is 0.444. The summed E-state index contributed by atoms with van der Waals surface area (Å²) >= 11 is 1.83. The SMILES string of the molecule is CCCc1ccc2c(c1NCc1cccs1)CCNCC2. The Hall–Kier alpha value is -1.32. The standard InChI is InChI=1S/C18H24N2S/c1-2-4-15-7-6-14-8-10-19-11-9-17(14)18(15)20-13-16-5-3-12-21-16/h3,5-7,12,19-20H,2,4,8-11,13H2,1H3. The van der Waals surface area contributed by atoms with Crippen molar-refractivity contribution in [3.05, 3.63) is 51.2 Å². The summed E-state index contributed by atoms with van der Waals surface area (Å²) in [4.78, 5) is 1.40. The summed E-state index contributed by atoms with van der Waals surface area (Å²) in [6.45, 7) is 5.40. The van der Waals surface area contributed by atoms with Crippen molar-refractivity contribution in [3.63, 3.8) is 0 Å². The van der Waals surface area contributed by atoms with Crippen molar-refractivity contribution in [2.75, 3.05) is 18.4 Å². The lowest BCUT2D eigenvalue weighted by Gasteiger charge is -2.18. The molecule has 0 radical (unpaired) electrons. The van der Waals surface area contributed by atoms with Crippen LogP contribution in [0.2, 0.25) is 0 Å². The minimum absolute atomic E-state index is 0.943. The van der Waals surface area contributed by atoms with Crippen LogP contribution in [0, 0.1) is 0 Å². The molecule has 0 saturated carbocycles. The largest absolute Gasteiger partial charge is 0.380 e. The molecule has 0 saturated heterocycles. The molecule has 21 heavy (non-hydrogen) atoms. The normalized spacial score (nSPS) is 14.5. The molecule has 0 aliphatic carbocycles. The first-order valence-corrected chi connectivity index (χ1v) is 8.87. The van der Waals surface area contributed by atoms with E-state index in [4.69, 9.17) is 0 Å². The van der Waals surface area contributed by atoms with E-state index < -0.39 is 0 Å². The Bertz CT molecular complexity index is 575. The van der Waals surface area contributed by atoms with Gasteiger partial charge in [0.15, 0.2) is 0 Å². The zero-order chi connectivity index (χ0) is 14.5. The molecule has 2 nitrogen and oxygen atoms in total. The average molecular weight is 300 g/mol. The van der Waals surface area contributed by atoms with Crippen LogP contribution < -0.4 is 10.6 Å². The third-order valence-corrected chi connectivity index (χ3v) is 5.03. The van der Waals surface area contributed by atoms with E-state index in [2.05, 4.69) is 47.2 Å².